The van der Waals surface area contributed by atoms with Crippen molar-refractivity contribution in [2.75, 3.05) is 22.4 Å². The van der Waals surface area contributed by atoms with Crippen molar-refractivity contribution in [3.8, 4) is 0 Å². The van der Waals surface area contributed by atoms with E-state index in [9.17, 15) is 18.0 Å². The first-order chi connectivity index (χ1) is 15.1. The van der Waals surface area contributed by atoms with E-state index in [1.165, 1.54) is 12.1 Å². The molecule has 0 saturated carbocycles. The smallest absolute Gasteiger partial charge is 0.245 e. The van der Waals surface area contributed by atoms with Gasteiger partial charge in [-0.15, -0.1) is 0 Å². The molecule has 3 aromatic carbocycles. The number of aryl methyl sites for hydroxylation is 2. The molecule has 0 atom stereocenters. The average Bonchev–Trinajstić information content (AvgIpc) is 2.74. The highest BCUT2D eigenvalue weighted by Crippen LogP contribution is 2.26. The van der Waals surface area contributed by atoms with Crippen molar-refractivity contribution in [2.45, 2.75) is 13.8 Å². The zero-order valence-corrected chi connectivity index (χ0v) is 19.5. The van der Waals surface area contributed by atoms with Crippen molar-refractivity contribution in [3.05, 3.63) is 94.0 Å². The maximum absolute atomic E-state index is 13.0. The molecule has 1 N–H and O–H groups in total. The van der Waals surface area contributed by atoms with Gasteiger partial charge in [0.2, 0.25) is 15.9 Å². The van der Waals surface area contributed by atoms with Gasteiger partial charge in [0.05, 0.1) is 17.6 Å². The van der Waals surface area contributed by atoms with Crippen LogP contribution >= 0.6 is 11.6 Å². The Bertz CT molecular complexity index is 1270. The minimum absolute atomic E-state index is 0.217. The Labute approximate surface area is 192 Å². The monoisotopic (exact) mass is 470 g/mol. The average molecular weight is 471 g/mol. The number of rotatable bonds is 7. The maximum Gasteiger partial charge on any atom is 0.245 e. The summed E-state index contributed by atoms with van der Waals surface area (Å²) in [6.45, 7) is 3.18. The summed E-state index contributed by atoms with van der Waals surface area (Å²) in [5.41, 5.74) is 2.93. The molecule has 166 valence electrons. The number of nitrogens with zero attached hydrogens (tertiary/aromatic N) is 1. The molecule has 3 aromatic rings. The zero-order valence-electron chi connectivity index (χ0n) is 17.9. The summed E-state index contributed by atoms with van der Waals surface area (Å²) < 4.78 is 26.0. The van der Waals surface area contributed by atoms with Gasteiger partial charge in [0, 0.05) is 16.1 Å². The molecule has 0 fully saturated rings. The second-order valence-electron chi connectivity index (χ2n) is 7.49. The van der Waals surface area contributed by atoms with E-state index in [1.54, 1.807) is 55.5 Å². The van der Waals surface area contributed by atoms with E-state index in [-0.39, 0.29) is 17.0 Å². The molecule has 0 aliphatic rings. The van der Waals surface area contributed by atoms with Crippen LogP contribution < -0.4 is 9.62 Å². The highest BCUT2D eigenvalue weighted by molar-refractivity contribution is 7.92. The van der Waals surface area contributed by atoms with E-state index in [1.807, 2.05) is 13.0 Å². The van der Waals surface area contributed by atoms with Gasteiger partial charge >= 0.3 is 0 Å². The van der Waals surface area contributed by atoms with Gasteiger partial charge in [-0.1, -0.05) is 54.1 Å². The van der Waals surface area contributed by atoms with Crippen molar-refractivity contribution in [3.63, 3.8) is 0 Å². The normalized spacial score (nSPS) is 11.1. The molecule has 3 rings (SSSR count). The molecular weight excluding hydrogens is 448 g/mol. The first-order valence-corrected chi connectivity index (χ1v) is 12.0. The van der Waals surface area contributed by atoms with Gasteiger partial charge in [-0.05, 0) is 49.2 Å². The van der Waals surface area contributed by atoms with Crippen molar-refractivity contribution >= 4 is 44.7 Å². The summed E-state index contributed by atoms with van der Waals surface area (Å²) in [4.78, 5) is 25.8. The van der Waals surface area contributed by atoms with E-state index in [2.05, 4.69) is 5.32 Å². The van der Waals surface area contributed by atoms with Crippen LogP contribution in [0.25, 0.3) is 0 Å². The van der Waals surface area contributed by atoms with Gasteiger partial charge in [0.25, 0.3) is 0 Å². The fraction of sp³-hybridized carbons (Fsp3) is 0.167. The molecule has 0 aliphatic carbocycles. The molecule has 0 unspecified atom stereocenters. The third kappa shape index (κ3) is 5.55. The SMILES string of the molecule is Cc1ccc(C)c(N(CC(=O)Nc2ccc(Cl)cc2C(=O)c2ccccc2)S(C)(=O)=O)c1. The van der Waals surface area contributed by atoms with Crippen LogP contribution in [-0.2, 0) is 14.8 Å². The number of benzene rings is 3. The summed E-state index contributed by atoms with van der Waals surface area (Å²) >= 11 is 6.09. The molecule has 0 aliphatic heterocycles. The number of amides is 1. The van der Waals surface area contributed by atoms with Crippen LogP contribution in [0.15, 0.2) is 66.7 Å². The van der Waals surface area contributed by atoms with E-state index in [0.717, 1.165) is 21.7 Å². The Morgan fingerprint density at radius 2 is 1.66 bits per heavy atom. The lowest BCUT2D eigenvalue weighted by atomic mass is 10.0. The third-order valence-corrected chi connectivity index (χ3v) is 6.22. The molecular formula is C24H23ClN2O4S. The van der Waals surface area contributed by atoms with Crippen LogP contribution in [0.3, 0.4) is 0 Å². The molecule has 8 heteroatoms. The maximum atomic E-state index is 13.0. The minimum Gasteiger partial charge on any atom is -0.324 e. The predicted octanol–water partition coefficient (Wildman–Crippen LogP) is 4.59. The topological polar surface area (TPSA) is 83.6 Å². The van der Waals surface area contributed by atoms with E-state index >= 15 is 0 Å². The highest BCUT2D eigenvalue weighted by Gasteiger charge is 2.24. The second kappa shape index (κ2) is 9.54. The number of hydrogen-bond donors (Lipinski definition) is 1. The standard InChI is InChI=1S/C24H23ClN2O4S/c1-16-9-10-17(2)22(13-16)27(32(3,30)31)15-23(28)26-21-12-11-19(25)14-20(21)24(29)18-7-5-4-6-8-18/h4-14H,15H2,1-3H3,(H,26,28). The van der Waals surface area contributed by atoms with Crippen LogP contribution in [0, 0.1) is 13.8 Å². The lowest BCUT2D eigenvalue weighted by molar-refractivity contribution is -0.114. The van der Waals surface area contributed by atoms with Gasteiger partial charge in [-0.3, -0.25) is 13.9 Å². The first-order valence-electron chi connectivity index (χ1n) is 9.80. The fourth-order valence-corrected chi connectivity index (χ4v) is 4.33. The lowest BCUT2D eigenvalue weighted by Gasteiger charge is -2.24. The summed E-state index contributed by atoms with van der Waals surface area (Å²) in [6.07, 6.45) is 1.05. The quantitative estimate of drug-likeness (QED) is 0.512. The number of carbonyl (C=O) groups is 2. The summed E-state index contributed by atoms with van der Waals surface area (Å²) in [5, 5.41) is 3.01. The summed E-state index contributed by atoms with van der Waals surface area (Å²) in [5.74, 6) is -0.890. The number of hydrogen-bond acceptors (Lipinski definition) is 4. The molecule has 0 saturated heterocycles. The number of anilines is 2. The van der Waals surface area contributed by atoms with E-state index in [4.69, 9.17) is 11.6 Å². The molecule has 0 radical (unpaired) electrons. The Balaban J connectivity index is 1.91. The Morgan fingerprint density at radius 3 is 2.31 bits per heavy atom. The van der Waals surface area contributed by atoms with Gasteiger partial charge in [0.15, 0.2) is 5.78 Å². The largest absolute Gasteiger partial charge is 0.324 e. The van der Waals surface area contributed by atoms with Crippen molar-refractivity contribution in [2.24, 2.45) is 0 Å². The van der Waals surface area contributed by atoms with Gasteiger partial charge < -0.3 is 5.32 Å². The number of sulfonamides is 1. The van der Waals surface area contributed by atoms with Gasteiger partial charge in [0.1, 0.15) is 6.54 Å². The van der Waals surface area contributed by atoms with Crippen LogP contribution in [0.2, 0.25) is 5.02 Å². The predicted molar refractivity (Wildman–Crippen MR) is 128 cm³/mol. The van der Waals surface area contributed by atoms with Crippen molar-refractivity contribution in [1.29, 1.82) is 0 Å². The number of carbonyl (C=O) groups excluding carboxylic acids is 2. The third-order valence-electron chi connectivity index (χ3n) is 4.86. The summed E-state index contributed by atoms with van der Waals surface area (Å²) in [7, 11) is -3.74. The molecule has 0 aromatic heterocycles. The molecule has 1 amide bonds. The van der Waals surface area contributed by atoms with Crippen LogP contribution in [-0.4, -0.2) is 32.9 Å². The molecule has 0 bridgehead atoms. The van der Waals surface area contributed by atoms with Crippen molar-refractivity contribution < 1.29 is 18.0 Å². The zero-order chi connectivity index (χ0) is 23.5. The molecule has 0 spiro atoms. The van der Waals surface area contributed by atoms with E-state index < -0.39 is 22.5 Å². The molecule has 0 heterocycles. The summed E-state index contributed by atoms with van der Waals surface area (Å²) in [6, 6.07) is 18.6. The van der Waals surface area contributed by atoms with Gasteiger partial charge in [-0.2, -0.15) is 0 Å². The molecule has 32 heavy (non-hydrogen) atoms. The van der Waals surface area contributed by atoms with Crippen LogP contribution in [0.1, 0.15) is 27.0 Å². The van der Waals surface area contributed by atoms with Crippen molar-refractivity contribution in [1.82, 2.24) is 0 Å². The van der Waals surface area contributed by atoms with E-state index in [0.29, 0.717) is 16.3 Å². The Kier molecular flexibility index (Phi) is 7.01. The first kappa shape index (κ1) is 23.5. The molecule has 6 nitrogen and oxygen atoms in total. The Morgan fingerprint density at radius 1 is 0.969 bits per heavy atom. The van der Waals surface area contributed by atoms with Crippen LogP contribution in [0.4, 0.5) is 11.4 Å². The van der Waals surface area contributed by atoms with Crippen LogP contribution in [0.5, 0.6) is 0 Å². The minimum atomic E-state index is -3.74. The Hall–Kier alpha value is -3.16. The van der Waals surface area contributed by atoms with Gasteiger partial charge in [-0.25, -0.2) is 8.42 Å². The fourth-order valence-electron chi connectivity index (χ4n) is 3.25. The lowest BCUT2D eigenvalue weighted by Crippen LogP contribution is -2.38. The highest BCUT2D eigenvalue weighted by atomic mass is 35.5. The second-order valence-corrected chi connectivity index (χ2v) is 9.84. The number of halogens is 1. The number of ketones is 1. The number of nitrogens with one attached hydrogen (secondary N) is 1.